The number of unbranched alkanes of at least 4 members (excludes halogenated alkanes) is 30. The molecule has 2 fully saturated rings. The fraction of sp³-hybridized carbons (Fsp3) is 1.00. The molecule has 0 aromatic carbocycles. The van der Waals surface area contributed by atoms with Gasteiger partial charge >= 0.3 is 0 Å². The molecule has 2 saturated heterocycles. The van der Waals surface area contributed by atoms with Gasteiger partial charge in [0.1, 0.15) is 0 Å². The second-order valence-electron chi connectivity index (χ2n) is 16.8. The minimum atomic E-state index is -0.807. The van der Waals surface area contributed by atoms with Crippen LogP contribution in [0.1, 0.15) is 233 Å². The molecule has 4 nitrogen and oxygen atoms in total. The highest BCUT2D eigenvalue weighted by Gasteiger charge is 2.51. The van der Waals surface area contributed by atoms with Gasteiger partial charge < -0.3 is 13.6 Å². The molecule has 0 saturated carbocycles. The lowest BCUT2D eigenvalue weighted by molar-refractivity contribution is 0.0219. The molecule has 2 aliphatic heterocycles. The average Bonchev–Trinajstić information content (AvgIpc) is 3.46. The molecule has 1 atom stereocenters. The van der Waals surface area contributed by atoms with Crippen molar-refractivity contribution >= 4 is 37.8 Å². The Kier molecular flexibility index (Phi) is 33.9. The summed E-state index contributed by atoms with van der Waals surface area (Å²) >= 11 is 4.02. The fourth-order valence-electron chi connectivity index (χ4n) is 7.52. The molecule has 1 unspecified atom stereocenters. The van der Waals surface area contributed by atoms with E-state index in [0.717, 1.165) is 26.4 Å². The predicted octanol–water partition coefficient (Wildman–Crippen LogP) is 17.2. The van der Waals surface area contributed by atoms with Gasteiger partial charge in [0.05, 0.1) is 25.4 Å². The summed E-state index contributed by atoms with van der Waals surface area (Å²) < 4.78 is 22.0. The summed E-state index contributed by atoms with van der Waals surface area (Å²) in [7, 11) is -1.42. The monoisotopic (exact) mass is 806 g/mol. The predicted molar refractivity (Wildman–Crippen MR) is 240 cm³/mol. The minimum Gasteiger partial charge on any atom is -0.333 e. The van der Waals surface area contributed by atoms with Crippen LogP contribution in [0.15, 0.2) is 0 Å². The molecule has 2 aliphatic rings. The normalized spacial score (nSPS) is 20.9. The van der Waals surface area contributed by atoms with Gasteiger partial charge in [-0.25, -0.2) is 4.67 Å². The van der Waals surface area contributed by atoms with E-state index in [1.165, 1.54) is 217 Å². The van der Waals surface area contributed by atoms with E-state index in [0.29, 0.717) is 5.92 Å². The third kappa shape index (κ3) is 25.6. The van der Waals surface area contributed by atoms with Crippen LogP contribution >= 0.6 is 37.8 Å². The van der Waals surface area contributed by atoms with Crippen molar-refractivity contribution in [3.05, 3.63) is 0 Å². The molecule has 0 aromatic heterocycles. The average molecular weight is 806 g/mol. The lowest BCUT2D eigenvalue weighted by Crippen LogP contribution is -2.53. The second kappa shape index (κ2) is 35.6. The van der Waals surface area contributed by atoms with Gasteiger partial charge in [0.25, 0.3) is 0 Å². The molecular formula is C44H89NO3P2S2. The first kappa shape index (κ1) is 49.5. The highest BCUT2D eigenvalue weighted by atomic mass is 32.7. The second-order valence-corrected chi connectivity index (χ2v) is 23.6. The van der Waals surface area contributed by atoms with Crippen LogP contribution in [0.25, 0.3) is 0 Å². The van der Waals surface area contributed by atoms with Crippen molar-refractivity contribution in [2.45, 2.75) is 239 Å². The first-order valence-corrected chi connectivity index (χ1v) is 28.7. The van der Waals surface area contributed by atoms with Gasteiger partial charge in [-0.2, -0.15) is 0 Å². The number of nitrogens with zero attached hydrogens (tertiary/aromatic N) is 1. The Morgan fingerprint density at radius 1 is 0.442 bits per heavy atom. The first-order valence-electron chi connectivity index (χ1n) is 23.1. The van der Waals surface area contributed by atoms with Crippen LogP contribution in [0, 0.1) is 5.92 Å². The maximum atomic E-state index is 6.52. The van der Waals surface area contributed by atoms with Gasteiger partial charge in [-0.3, -0.25) is 0 Å². The summed E-state index contributed by atoms with van der Waals surface area (Å²) in [5.74, 6) is 3.01. The third-order valence-corrected chi connectivity index (χ3v) is 18.3. The van der Waals surface area contributed by atoms with Crippen LogP contribution in [-0.4, -0.2) is 48.1 Å². The summed E-state index contributed by atoms with van der Waals surface area (Å²) in [6, 6.07) is 0. The number of hydrogen-bond acceptors (Lipinski definition) is 6. The van der Waals surface area contributed by atoms with Gasteiger partial charge in [-0.1, -0.05) is 243 Å². The quantitative estimate of drug-likeness (QED) is 0.0456. The lowest BCUT2D eigenvalue weighted by Gasteiger charge is -2.42. The van der Waals surface area contributed by atoms with Crippen LogP contribution in [-0.2, 0) is 13.6 Å². The minimum absolute atomic E-state index is 0.0781. The molecule has 0 aromatic rings. The Bertz CT molecular complexity index is 759. The first-order chi connectivity index (χ1) is 25.6. The summed E-state index contributed by atoms with van der Waals surface area (Å²) in [4.78, 5) is 0. The summed E-state index contributed by atoms with van der Waals surface area (Å²) in [6.45, 7) is 12.7. The van der Waals surface area contributed by atoms with Crippen LogP contribution < -0.4 is 0 Å². The van der Waals surface area contributed by atoms with E-state index in [2.05, 4.69) is 43.7 Å². The van der Waals surface area contributed by atoms with Crippen molar-refractivity contribution in [3.8, 4) is 0 Å². The van der Waals surface area contributed by atoms with Crippen LogP contribution in [0.3, 0.4) is 0 Å². The molecule has 0 bridgehead atoms. The van der Waals surface area contributed by atoms with E-state index in [1.807, 2.05) is 11.4 Å². The van der Waals surface area contributed by atoms with Gasteiger partial charge in [0.15, 0.2) is 7.50 Å². The zero-order valence-electron chi connectivity index (χ0n) is 35.3. The Labute approximate surface area is 337 Å². The highest BCUT2D eigenvalue weighted by Crippen LogP contribution is 2.65. The summed E-state index contributed by atoms with van der Waals surface area (Å²) in [5.41, 5.74) is -0.0781. The van der Waals surface area contributed by atoms with Crippen molar-refractivity contribution in [3.63, 3.8) is 0 Å². The molecule has 0 N–H and O–H groups in total. The summed E-state index contributed by atoms with van der Waals surface area (Å²) in [6.07, 6.45) is 45.7. The van der Waals surface area contributed by atoms with E-state index in [1.54, 1.807) is 0 Å². The van der Waals surface area contributed by atoms with E-state index in [-0.39, 0.29) is 5.54 Å². The Morgan fingerprint density at radius 2 is 0.750 bits per heavy atom. The standard InChI is InChI=1S/C44H89NO3P2S2/c1-5-7-9-11-13-15-17-19-21-23-25-27-29-31-33-35-37-51-49-45(39-43(3)4)44(40-46-49)41-47-50(48-42-44)52-38-36-34-32-30-28-26-24-22-20-18-16-14-12-10-8-6-2/h43H,5-42H2,1-4H3. The van der Waals surface area contributed by atoms with Crippen molar-refractivity contribution in [2.75, 3.05) is 37.9 Å². The maximum Gasteiger partial charge on any atom is 0.238 e. The van der Waals surface area contributed by atoms with Crippen LogP contribution in [0.4, 0.5) is 0 Å². The Morgan fingerprint density at radius 3 is 1.10 bits per heavy atom. The van der Waals surface area contributed by atoms with Crippen LogP contribution in [0.5, 0.6) is 0 Å². The molecule has 0 radical (unpaired) electrons. The smallest absolute Gasteiger partial charge is 0.238 e. The van der Waals surface area contributed by atoms with Crippen LogP contribution in [0.2, 0.25) is 0 Å². The molecule has 8 heteroatoms. The molecule has 1 spiro atoms. The molecule has 2 heterocycles. The van der Waals surface area contributed by atoms with Crippen molar-refractivity contribution in [1.82, 2.24) is 4.67 Å². The third-order valence-electron chi connectivity index (χ3n) is 11.0. The van der Waals surface area contributed by atoms with Crippen molar-refractivity contribution < 1.29 is 13.6 Å². The van der Waals surface area contributed by atoms with E-state index in [9.17, 15) is 0 Å². The highest BCUT2D eigenvalue weighted by molar-refractivity contribution is 8.53. The molecular weight excluding hydrogens is 717 g/mol. The molecule has 0 aliphatic carbocycles. The van der Waals surface area contributed by atoms with Crippen molar-refractivity contribution in [1.29, 1.82) is 0 Å². The van der Waals surface area contributed by atoms with Gasteiger partial charge in [0.2, 0.25) is 7.58 Å². The van der Waals surface area contributed by atoms with Crippen molar-refractivity contribution in [2.24, 2.45) is 5.92 Å². The molecule has 0 amide bonds. The molecule has 2 rings (SSSR count). The Balaban J connectivity index is 1.42. The topological polar surface area (TPSA) is 30.9 Å². The van der Waals surface area contributed by atoms with Gasteiger partial charge in [-0.15, -0.1) is 0 Å². The molecule has 52 heavy (non-hydrogen) atoms. The van der Waals surface area contributed by atoms with E-state index >= 15 is 0 Å². The van der Waals surface area contributed by atoms with Gasteiger partial charge in [-0.05, 0) is 18.8 Å². The maximum absolute atomic E-state index is 6.52. The summed E-state index contributed by atoms with van der Waals surface area (Å²) in [5, 5.41) is 0. The van der Waals surface area contributed by atoms with Gasteiger partial charge in [0, 0.05) is 18.1 Å². The zero-order valence-corrected chi connectivity index (χ0v) is 38.8. The Hall–Kier alpha value is 1.40. The largest absolute Gasteiger partial charge is 0.333 e. The number of hydrogen-bond donors (Lipinski definition) is 0. The zero-order chi connectivity index (χ0) is 37.2. The SMILES string of the molecule is CCCCCCCCCCCCCCCCCCSP1OCC2(CO1)COP(SCCCCCCCCCCCCCCCCCC)N2CC(C)C. The molecule has 310 valence electrons. The van der Waals surface area contributed by atoms with E-state index in [4.69, 9.17) is 13.6 Å². The van der Waals surface area contributed by atoms with E-state index < -0.39 is 15.1 Å². The lowest BCUT2D eigenvalue weighted by atomic mass is 10.0. The fourth-order valence-corrected chi connectivity index (χ4v) is 15.1. The number of rotatable bonds is 38.